The minimum atomic E-state index is -0.193. The molecule has 0 radical (unpaired) electrons. The second-order valence-corrected chi connectivity index (χ2v) is 9.61. The highest BCUT2D eigenvalue weighted by Gasteiger charge is 2.23. The normalized spacial score (nSPS) is 14.8. The van der Waals surface area contributed by atoms with Crippen LogP contribution in [0.25, 0.3) is 10.2 Å². The molecule has 0 unspecified atom stereocenters. The van der Waals surface area contributed by atoms with Crippen LogP contribution in [0.3, 0.4) is 0 Å². The Hall–Kier alpha value is -3.62. The summed E-state index contributed by atoms with van der Waals surface area (Å²) in [5.74, 6) is 1.23. The van der Waals surface area contributed by atoms with Crippen LogP contribution in [-0.4, -0.2) is 29.1 Å². The molecular weight excluding hydrogens is 448 g/mol. The zero-order valence-corrected chi connectivity index (χ0v) is 19.4. The van der Waals surface area contributed by atoms with Gasteiger partial charge in [0.25, 0.3) is 5.91 Å². The van der Waals surface area contributed by atoms with E-state index in [0.717, 1.165) is 53.3 Å². The molecular formula is C26H24N4O3S. The van der Waals surface area contributed by atoms with Crippen molar-refractivity contribution in [3.05, 3.63) is 81.9 Å². The molecule has 1 amide bonds. The molecule has 2 aromatic carbocycles. The Morgan fingerprint density at radius 3 is 2.82 bits per heavy atom. The summed E-state index contributed by atoms with van der Waals surface area (Å²) in [5.41, 5.74) is 11.5. The first-order valence-electron chi connectivity index (χ1n) is 11.3. The van der Waals surface area contributed by atoms with Crippen LogP contribution in [0.4, 0.5) is 5.69 Å². The molecule has 0 fully saturated rings. The Kier molecular flexibility index (Phi) is 5.31. The average molecular weight is 473 g/mol. The number of benzene rings is 2. The van der Waals surface area contributed by atoms with Crippen molar-refractivity contribution in [1.29, 1.82) is 0 Å². The second kappa shape index (κ2) is 8.62. The fraction of sp³-hybridized carbons (Fsp3) is 0.231. The van der Waals surface area contributed by atoms with Crippen LogP contribution in [0.5, 0.6) is 11.5 Å². The van der Waals surface area contributed by atoms with Gasteiger partial charge in [-0.1, -0.05) is 36.4 Å². The number of nitrogen functional groups attached to an aromatic ring is 1. The summed E-state index contributed by atoms with van der Waals surface area (Å²) in [7, 11) is 0. The first-order chi connectivity index (χ1) is 16.6. The number of carbonyl (C=O) groups is 1. The molecule has 7 nitrogen and oxygen atoms in total. The maximum Gasteiger partial charge on any atom is 0.263 e. The van der Waals surface area contributed by atoms with Gasteiger partial charge in [0.05, 0.1) is 5.69 Å². The molecule has 8 heteroatoms. The molecule has 0 aliphatic carbocycles. The number of nitrogens with two attached hydrogens (primary N) is 1. The Bertz CT molecular complexity index is 1390. The Labute approximate surface area is 201 Å². The summed E-state index contributed by atoms with van der Waals surface area (Å²) in [4.78, 5) is 21.6. The van der Waals surface area contributed by atoms with Crippen LogP contribution in [0.15, 0.2) is 54.6 Å². The van der Waals surface area contributed by atoms with Gasteiger partial charge in [0.15, 0.2) is 11.5 Å². The minimum absolute atomic E-state index is 0.193. The highest BCUT2D eigenvalue weighted by molar-refractivity contribution is 7.21. The predicted octanol–water partition coefficient (Wildman–Crippen LogP) is 4.10. The van der Waals surface area contributed by atoms with Crippen LogP contribution in [0.2, 0.25) is 0 Å². The number of nitrogens with one attached hydrogen (secondary N) is 1. The van der Waals surface area contributed by atoms with E-state index in [2.05, 4.69) is 40.5 Å². The highest BCUT2D eigenvalue weighted by Crippen LogP contribution is 2.36. The lowest BCUT2D eigenvalue weighted by Gasteiger charge is -2.28. The van der Waals surface area contributed by atoms with Crippen molar-refractivity contribution in [2.45, 2.75) is 26.1 Å². The minimum Gasteiger partial charge on any atom is -0.454 e. The molecule has 6 rings (SSSR count). The number of nitrogens with zero attached hydrogens (tertiary/aromatic N) is 2. The average Bonchev–Trinajstić information content (AvgIpc) is 3.46. The van der Waals surface area contributed by atoms with Crippen molar-refractivity contribution in [2.24, 2.45) is 0 Å². The summed E-state index contributed by atoms with van der Waals surface area (Å²) >= 11 is 1.36. The van der Waals surface area contributed by atoms with Gasteiger partial charge in [-0.3, -0.25) is 9.69 Å². The van der Waals surface area contributed by atoms with Crippen molar-refractivity contribution in [3.63, 3.8) is 0 Å². The van der Waals surface area contributed by atoms with Crippen molar-refractivity contribution in [1.82, 2.24) is 15.2 Å². The van der Waals surface area contributed by atoms with Crippen molar-refractivity contribution >= 4 is 33.1 Å². The maximum atomic E-state index is 12.9. The molecule has 34 heavy (non-hydrogen) atoms. The lowest BCUT2D eigenvalue weighted by Crippen LogP contribution is -2.30. The van der Waals surface area contributed by atoms with Crippen LogP contribution >= 0.6 is 11.3 Å². The van der Waals surface area contributed by atoms with Crippen LogP contribution in [-0.2, 0) is 26.1 Å². The van der Waals surface area contributed by atoms with Crippen LogP contribution in [0, 0.1) is 0 Å². The fourth-order valence-corrected chi connectivity index (χ4v) is 5.53. The molecule has 2 aliphatic heterocycles. The molecule has 2 aromatic heterocycles. The number of amides is 1. The third-order valence-electron chi connectivity index (χ3n) is 6.29. The van der Waals surface area contributed by atoms with Crippen molar-refractivity contribution in [3.8, 4) is 11.5 Å². The van der Waals surface area contributed by atoms with Gasteiger partial charge in [-0.25, -0.2) is 4.98 Å². The molecule has 3 N–H and O–H groups in total. The van der Waals surface area contributed by atoms with E-state index in [9.17, 15) is 4.79 Å². The molecule has 0 atom stereocenters. The van der Waals surface area contributed by atoms with Gasteiger partial charge in [0, 0.05) is 43.7 Å². The van der Waals surface area contributed by atoms with Gasteiger partial charge in [-0.2, -0.15) is 0 Å². The lowest BCUT2D eigenvalue weighted by molar-refractivity contribution is 0.0955. The molecule has 4 aromatic rings. The number of fused-ring (bicyclic) bond motifs is 3. The number of anilines is 1. The molecule has 0 spiro atoms. The number of pyridine rings is 1. The van der Waals surface area contributed by atoms with Crippen LogP contribution < -0.4 is 20.5 Å². The van der Waals surface area contributed by atoms with E-state index in [-0.39, 0.29) is 12.7 Å². The first-order valence-corrected chi connectivity index (χ1v) is 12.1. The largest absolute Gasteiger partial charge is 0.454 e. The number of hydrogen-bond acceptors (Lipinski definition) is 7. The molecule has 2 aliphatic rings. The van der Waals surface area contributed by atoms with Crippen LogP contribution in [0.1, 0.15) is 32.1 Å². The first kappa shape index (κ1) is 20.9. The van der Waals surface area contributed by atoms with Gasteiger partial charge < -0.3 is 20.5 Å². The van der Waals surface area contributed by atoms with Crippen molar-refractivity contribution < 1.29 is 14.3 Å². The van der Waals surface area contributed by atoms with E-state index in [1.54, 1.807) is 0 Å². The summed E-state index contributed by atoms with van der Waals surface area (Å²) < 4.78 is 10.8. The third kappa shape index (κ3) is 3.95. The monoisotopic (exact) mass is 472 g/mol. The number of rotatable bonds is 5. The Morgan fingerprint density at radius 1 is 1.09 bits per heavy atom. The van der Waals surface area contributed by atoms with E-state index in [4.69, 9.17) is 20.2 Å². The smallest absolute Gasteiger partial charge is 0.263 e. The summed E-state index contributed by atoms with van der Waals surface area (Å²) in [6, 6.07) is 18.3. The number of ether oxygens (including phenoxy) is 2. The van der Waals surface area contributed by atoms with E-state index >= 15 is 0 Å². The Morgan fingerprint density at radius 2 is 1.94 bits per heavy atom. The topological polar surface area (TPSA) is 89.7 Å². The quantitative estimate of drug-likeness (QED) is 0.455. The van der Waals surface area contributed by atoms with E-state index in [1.165, 1.54) is 22.5 Å². The van der Waals surface area contributed by atoms with E-state index in [1.807, 2.05) is 24.3 Å². The molecule has 0 bridgehead atoms. The van der Waals surface area contributed by atoms with Gasteiger partial charge in [0.1, 0.15) is 9.71 Å². The molecule has 172 valence electrons. The van der Waals surface area contributed by atoms with E-state index in [0.29, 0.717) is 22.9 Å². The van der Waals surface area contributed by atoms with E-state index < -0.39 is 0 Å². The summed E-state index contributed by atoms with van der Waals surface area (Å²) in [6.07, 6.45) is 0.890. The third-order valence-corrected chi connectivity index (χ3v) is 7.41. The SMILES string of the molecule is Nc1c(C(=O)NCc2ccc3c(c2)OCO3)sc2nc3c(cc12)CN(Cc1ccccc1)CC3. The number of carbonyl (C=O) groups excluding carboxylic acids is 1. The Balaban J connectivity index is 1.19. The predicted molar refractivity (Wildman–Crippen MR) is 132 cm³/mol. The standard InChI is InChI=1S/C26H24N4O3S/c27-23-19-11-18-14-30(13-16-4-2-1-3-5-16)9-8-20(18)29-26(19)34-24(23)25(31)28-12-17-6-7-21-22(10-17)33-15-32-21/h1-7,10-11H,8-9,12-15,27H2,(H,28,31). The fourth-order valence-electron chi connectivity index (χ4n) is 4.51. The summed E-state index contributed by atoms with van der Waals surface area (Å²) in [6.45, 7) is 3.30. The summed E-state index contributed by atoms with van der Waals surface area (Å²) in [5, 5.41) is 3.83. The van der Waals surface area contributed by atoms with Gasteiger partial charge in [0.2, 0.25) is 6.79 Å². The van der Waals surface area contributed by atoms with Crippen molar-refractivity contribution in [2.75, 3.05) is 19.1 Å². The molecule has 0 saturated carbocycles. The van der Waals surface area contributed by atoms with Gasteiger partial charge in [-0.05, 0) is 34.9 Å². The zero-order chi connectivity index (χ0) is 23.1. The van der Waals surface area contributed by atoms with Gasteiger partial charge >= 0.3 is 0 Å². The zero-order valence-electron chi connectivity index (χ0n) is 18.5. The number of thiophene rings is 1. The maximum absolute atomic E-state index is 12.9. The number of hydrogen-bond donors (Lipinski definition) is 2. The second-order valence-electron chi connectivity index (χ2n) is 8.61. The molecule has 4 heterocycles. The molecule has 0 saturated heterocycles. The van der Waals surface area contributed by atoms with Gasteiger partial charge in [-0.15, -0.1) is 11.3 Å². The number of aromatic nitrogens is 1. The highest BCUT2D eigenvalue weighted by atomic mass is 32.1. The lowest BCUT2D eigenvalue weighted by atomic mass is 10.0.